The molecule has 4 rings (SSSR count). The Morgan fingerprint density at radius 3 is 2.58 bits per heavy atom. The summed E-state index contributed by atoms with van der Waals surface area (Å²) < 4.78 is 0.961. The van der Waals surface area contributed by atoms with Crippen molar-refractivity contribution in [1.29, 1.82) is 0 Å². The van der Waals surface area contributed by atoms with E-state index in [4.69, 9.17) is 0 Å². The van der Waals surface area contributed by atoms with Crippen molar-refractivity contribution < 1.29 is 9.59 Å². The fraction of sp³-hybridized carbons (Fsp3) is 0.167. The third kappa shape index (κ3) is 3.14. The molecule has 0 aliphatic heterocycles. The second kappa shape index (κ2) is 6.05. The molecule has 0 spiro atoms. The van der Waals surface area contributed by atoms with Gasteiger partial charge in [0, 0.05) is 17.2 Å². The van der Waals surface area contributed by atoms with Crippen LogP contribution in [0.4, 0.5) is 10.8 Å². The number of hydrogen-bond donors (Lipinski definition) is 2. The maximum atomic E-state index is 12.2. The van der Waals surface area contributed by atoms with Gasteiger partial charge in [0.1, 0.15) is 0 Å². The van der Waals surface area contributed by atoms with Gasteiger partial charge in [0.2, 0.25) is 5.91 Å². The van der Waals surface area contributed by atoms with Gasteiger partial charge >= 0.3 is 0 Å². The van der Waals surface area contributed by atoms with E-state index in [9.17, 15) is 9.59 Å². The average molecular weight is 337 g/mol. The summed E-state index contributed by atoms with van der Waals surface area (Å²) in [6.45, 7) is 0. The van der Waals surface area contributed by atoms with Crippen LogP contribution in [0.3, 0.4) is 0 Å². The summed E-state index contributed by atoms with van der Waals surface area (Å²) in [7, 11) is 0. The molecular weight excluding hydrogens is 322 g/mol. The molecule has 5 nitrogen and oxygen atoms in total. The Morgan fingerprint density at radius 2 is 1.83 bits per heavy atom. The summed E-state index contributed by atoms with van der Waals surface area (Å²) in [5.41, 5.74) is 2.09. The zero-order chi connectivity index (χ0) is 16.5. The van der Waals surface area contributed by atoms with Crippen molar-refractivity contribution in [3.05, 3.63) is 54.1 Å². The molecular formula is C18H15N3O2S. The maximum absolute atomic E-state index is 12.2. The Bertz CT molecular complexity index is 916. The number of benzene rings is 2. The first-order valence-corrected chi connectivity index (χ1v) is 8.58. The number of hydrogen-bond acceptors (Lipinski definition) is 4. The van der Waals surface area contributed by atoms with Crippen LogP contribution in [0.2, 0.25) is 0 Å². The van der Waals surface area contributed by atoms with Crippen LogP contribution in [0.25, 0.3) is 10.2 Å². The molecule has 0 unspecified atom stereocenters. The SMILES string of the molecule is O=C(Nc1nc2cc(NC(=O)C3CC3)ccc2s1)c1ccccc1. The van der Waals surface area contributed by atoms with Crippen molar-refractivity contribution in [2.75, 3.05) is 10.6 Å². The van der Waals surface area contributed by atoms with E-state index < -0.39 is 0 Å². The van der Waals surface area contributed by atoms with Gasteiger partial charge in [-0.1, -0.05) is 29.5 Å². The first kappa shape index (κ1) is 14.8. The minimum Gasteiger partial charge on any atom is -0.326 e. The molecule has 2 N–H and O–H groups in total. The normalized spacial score (nSPS) is 13.7. The minimum atomic E-state index is -0.183. The van der Waals surface area contributed by atoms with Gasteiger partial charge in [-0.3, -0.25) is 14.9 Å². The van der Waals surface area contributed by atoms with Crippen LogP contribution in [0.5, 0.6) is 0 Å². The first-order chi connectivity index (χ1) is 11.7. The molecule has 120 valence electrons. The molecule has 0 radical (unpaired) electrons. The molecule has 2 aromatic carbocycles. The summed E-state index contributed by atoms with van der Waals surface area (Å²) >= 11 is 1.41. The lowest BCUT2D eigenvalue weighted by molar-refractivity contribution is -0.117. The van der Waals surface area contributed by atoms with E-state index in [0.29, 0.717) is 10.7 Å². The smallest absolute Gasteiger partial charge is 0.257 e. The van der Waals surface area contributed by atoms with Crippen LogP contribution in [-0.2, 0) is 4.79 Å². The van der Waals surface area contributed by atoms with E-state index in [-0.39, 0.29) is 17.7 Å². The molecule has 1 saturated carbocycles. The van der Waals surface area contributed by atoms with E-state index in [1.165, 1.54) is 11.3 Å². The van der Waals surface area contributed by atoms with Gasteiger partial charge in [-0.25, -0.2) is 4.98 Å². The van der Waals surface area contributed by atoms with Crippen molar-refractivity contribution in [3.8, 4) is 0 Å². The number of fused-ring (bicyclic) bond motifs is 1. The fourth-order valence-corrected chi connectivity index (χ4v) is 3.25. The molecule has 0 atom stereocenters. The topological polar surface area (TPSA) is 71.1 Å². The number of rotatable bonds is 4. The lowest BCUT2D eigenvalue weighted by Crippen LogP contribution is -2.13. The Morgan fingerprint density at radius 1 is 1.04 bits per heavy atom. The van der Waals surface area contributed by atoms with Crippen LogP contribution in [0, 0.1) is 5.92 Å². The highest BCUT2D eigenvalue weighted by Gasteiger charge is 2.29. The third-order valence-electron chi connectivity index (χ3n) is 3.86. The van der Waals surface area contributed by atoms with E-state index in [1.54, 1.807) is 12.1 Å². The quantitative estimate of drug-likeness (QED) is 0.758. The average Bonchev–Trinajstić information content (AvgIpc) is 3.37. The number of carbonyl (C=O) groups excluding carboxylic acids is 2. The van der Waals surface area contributed by atoms with Crippen molar-refractivity contribution in [1.82, 2.24) is 4.98 Å². The third-order valence-corrected chi connectivity index (χ3v) is 4.81. The number of aromatic nitrogens is 1. The van der Waals surface area contributed by atoms with Crippen LogP contribution in [0.1, 0.15) is 23.2 Å². The van der Waals surface area contributed by atoms with Crippen molar-refractivity contribution in [2.24, 2.45) is 5.92 Å². The molecule has 1 aliphatic rings. The Hall–Kier alpha value is -2.73. The summed E-state index contributed by atoms with van der Waals surface area (Å²) in [5.74, 6) is 0.0518. The molecule has 1 aromatic heterocycles. The van der Waals surface area contributed by atoms with Crippen molar-refractivity contribution in [2.45, 2.75) is 12.8 Å². The van der Waals surface area contributed by atoms with Crippen molar-refractivity contribution in [3.63, 3.8) is 0 Å². The minimum absolute atomic E-state index is 0.0715. The highest BCUT2D eigenvalue weighted by atomic mass is 32.1. The van der Waals surface area contributed by atoms with E-state index in [1.807, 2.05) is 36.4 Å². The van der Waals surface area contributed by atoms with Gasteiger partial charge < -0.3 is 5.32 Å². The number of carbonyl (C=O) groups is 2. The van der Waals surface area contributed by atoms with Crippen molar-refractivity contribution >= 4 is 44.2 Å². The monoisotopic (exact) mass is 337 g/mol. The van der Waals surface area contributed by atoms with E-state index in [2.05, 4.69) is 15.6 Å². The predicted molar refractivity (Wildman–Crippen MR) is 95.4 cm³/mol. The van der Waals surface area contributed by atoms with E-state index in [0.717, 1.165) is 28.7 Å². The molecule has 24 heavy (non-hydrogen) atoms. The standard InChI is InChI=1S/C18H15N3O2S/c22-16(12-6-7-12)19-13-8-9-15-14(10-13)20-18(24-15)21-17(23)11-4-2-1-3-5-11/h1-5,8-10,12H,6-7H2,(H,19,22)(H,20,21,23). The van der Waals surface area contributed by atoms with Crippen LogP contribution in [0.15, 0.2) is 48.5 Å². The zero-order valence-electron chi connectivity index (χ0n) is 12.8. The Kier molecular flexibility index (Phi) is 3.74. The molecule has 0 saturated heterocycles. The number of amides is 2. The number of anilines is 2. The summed E-state index contributed by atoms with van der Waals surface area (Å²) in [5, 5.41) is 6.27. The summed E-state index contributed by atoms with van der Waals surface area (Å²) in [4.78, 5) is 28.5. The second-order valence-electron chi connectivity index (χ2n) is 5.79. The number of thiazole rings is 1. The van der Waals surface area contributed by atoms with Crippen LogP contribution in [-0.4, -0.2) is 16.8 Å². The van der Waals surface area contributed by atoms with Gasteiger partial charge in [-0.2, -0.15) is 0 Å². The maximum Gasteiger partial charge on any atom is 0.257 e. The fourth-order valence-electron chi connectivity index (χ4n) is 2.41. The highest BCUT2D eigenvalue weighted by Crippen LogP contribution is 2.32. The molecule has 6 heteroatoms. The number of nitrogens with one attached hydrogen (secondary N) is 2. The zero-order valence-corrected chi connectivity index (χ0v) is 13.6. The van der Waals surface area contributed by atoms with Crippen LogP contribution < -0.4 is 10.6 Å². The first-order valence-electron chi connectivity index (χ1n) is 7.77. The lowest BCUT2D eigenvalue weighted by Gasteiger charge is -2.03. The highest BCUT2D eigenvalue weighted by molar-refractivity contribution is 7.22. The Balaban J connectivity index is 1.52. The van der Waals surface area contributed by atoms with Gasteiger partial charge in [-0.05, 0) is 43.2 Å². The van der Waals surface area contributed by atoms with Gasteiger partial charge in [0.05, 0.1) is 10.2 Å². The lowest BCUT2D eigenvalue weighted by atomic mass is 10.2. The largest absolute Gasteiger partial charge is 0.326 e. The van der Waals surface area contributed by atoms with Gasteiger partial charge in [0.15, 0.2) is 5.13 Å². The number of nitrogens with zero attached hydrogens (tertiary/aromatic N) is 1. The summed E-state index contributed by atoms with van der Waals surface area (Å²) in [6, 6.07) is 14.6. The molecule has 0 bridgehead atoms. The van der Waals surface area contributed by atoms with Gasteiger partial charge in [0.25, 0.3) is 5.91 Å². The molecule has 1 fully saturated rings. The predicted octanol–water partition coefficient (Wildman–Crippen LogP) is 3.90. The Labute approximate surface area is 142 Å². The van der Waals surface area contributed by atoms with Gasteiger partial charge in [-0.15, -0.1) is 0 Å². The van der Waals surface area contributed by atoms with E-state index >= 15 is 0 Å². The van der Waals surface area contributed by atoms with Crippen LogP contribution >= 0.6 is 11.3 Å². The molecule has 1 aliphatic carbocycles. The molecule has 2 amide bonds. The molecule has 1 heterocycles. The summed E-state index contributed by atoms with van der Waals surface area (Å²) in [6.07, 6.45) is 1.95. The second-order valence-corrected chi connectivity index (χ2v) is 6.82. The molecule has 3 aromatic rings.